The molecule has 3 N–H and O–H groups in total. The molecule has 0 unspecified atom stereocenters. The second-order valence-corrected chi connectivity index (χ2v) is 3.56. The molecule has 0 fully saturated rings. The van der Waals surface area contributed by atoms with Crippen molar-refractivity contribution < 1.29 is 9.84 Å². The Kier molecular flexibility index (Phi) is 4.79. The van der Waals surface area contributed by atoms with Crippen LogP contribution in [0.3, 0.4) is 0 Å². The average molecular weight is 213 g/mol. The summed E-state index contributed by atoms with van der Waals surface area (Å²) in [5.74, 6) is 0.772. The summed E-state index contributed by atoms with van der Waals surface area (Å²) in [6, 6.07) is 5.81. The van der Waals surface area contributed by atoms with E-state index >= 15 is 0 Å². The molecule has 0 aliphatic heterocycles. The number of thioether (sulfide) groups is 1. The van der Waals surface area contributed by atoms with Crippen LogP contribution in [0, 0.1) is 0 Å². The van der Waals surface area contributed by atoms with Gasteiger partial charge in [0.05, 0.1) is 6.61 Å². The third-order valence-electron chi connectivity index (χ3n) is 1.86. The Morgan fingerprint density at radius 3 is 2.86 bits per heavy atom. The van der Waals surface area contributed by atoms with Crippen LogP contribution in [-0.4, -0.2) is 24.6 Å². The standard InChI is InChI=1S/C10H15NO2S/c1-14-10-4-2-3-9(8(10)7-11)13-6-5-12/h2-4,12H,5-7,11H2,1H3. The van der Waals surface area contributed by atoms with Crippen molar-refractivity contribution in [1.29, 1.82) is 0 Å². The van der Waals surface area contributed by atoms with Gasteiger partial charge in [-0.25, -0.2) is 0 Å². The SMILES string of the molecule is CSc1cccc(OCCO)c1CN. The van der Waals surface area contributed by atoms with Crippen molar-refractivity contribution in [3.8, 4) is 5.75 Å². The minimum Gasteiger partial charge on any atom is -0.491 e. The van der Waals surface area contributed by atoms with E-state index < -0.39 is 0 Å². The topological polar surface area (TPSA) is 55.5 Å². The molecule has 0 aliphatic carbocycles. The maximum Gasteiger partial charge on any atom is 0.125 e. The third-order valence-corrected chi connectivity index (χ3v) is 2.69. The highest BCUT2D eigenvalue weighted by molar-refractivity contribution is 7.98. The number of aliphatic hydroxyl groups is 1. The highest BCUT2D eigenvalue weighted by atomic mass is 32.2. The maximum absolute atomic E-state index is 8.66. The number of hydrogen-bond donors (Lipinski definition) is 2. The summed E-state index contributed by atoms with van der Waals surface area (Å²) < 4.78 is 5.38. The first-order valence-electron chi connectivity index (χ1n) is 4.43. The molecule has 0 saturated heterocycles. The van der Waals surface area contributed by atoms with Gasteiger partial charge in [0.25, 0.3) is 0 Å². The molecule has 0 atom stereocenters. The third kappa shape index (κ3) is 2.64. The Bertz CT molecular complexity index is 291. The van der Waals surface area contributed by atoms with E-state index in [1.807, 2.05) is 24.5 Å². The summed E-state index contributed by atoms with van der Waals surface area (Å²) in [5.41, 5.74) is 6.65. The van der Waals surface area contributed by atoms with Crippen LogP contribution in [0.25, 0.3) is 0 Å². The van der Waals surface area contributed by atoms with Gasteiger partial charge < -0.3 is 15.6 Å². The van der Waals surface area contributed by atoms with Crippen LogP contribution in [0.2, 0.25) is 0 Å². The molecule has 0 spiro atoms. The molecule has 14 heavy (non-hydrogen) atoms. The van der Waals surface area contributed by atoms with Gasteiger partial charge >= 0.3 is 0 Å². The quantitative estimate of drug-likeness (QED) is 0.723. The lowest BCUT2D eigenvalue weighted by Crippen LogP contribution is -2.07. The Balaban J connectivity index is 2.90. The molecule has 0 bridgehead atoms. The summed E-state index contributed by atoms with van der Waals surface area (Å²) in [6.07, 6.45) is 2.00. The monoisotopic (exact) mass is 213 g/mol. The highest BCUT2D eigenvalue weighted by Crippen LogP contribution is 2.28. The van der Waals surface area contributed by atoms with Gasteiger partial charge in [-0.3, -0.25) is 0 Å². The predicted octanol–water partition coefficient (Wildman–Crippen LogP) is 1.24. The molecule has 0 aromatic heterocycles. The average Bonchev–Trinajstić information content (AvgIpc) is 2.25. The Morgan fingerprint density at radius 1 is 1.50 bits per heavy atom. The summed E-state index contributed by atoms with van der Waals surface area (Å²) in [6.45, 7) is 0.788. The minimum atomic E-state index is 0.0213. The zero-order valence-electron chi connectivity index (χ0n) is 8.19. The van der Waals surface area contributed by atoms with Gasteiger partial charge in [0.1, 0.15) is 12.4 Å². The molecule has 1 aromatic carbocycles. The lowest BCUT2D eigenvalue weighted by atomic mass is 10.2. The molecule has 0 heterocycles. The van der Waals surface area contributed by atoms with Crippen LogP contribution in [0.15, 0.2) is 23.1 Å². The maximum atomic E-state index is 8.66. The van der Waals surface area contributed by atoms with Crippen molar-refractivity contribution in [2.24, 2.45) is 5.73 Å². The minimum absolute atomic E-state index is 0.0213. The van der Waals surface area contributed by atoms with Gasteiger partial charge in [-0.2, -0.15) is 0 Å². The van der Waals surface area contributed by atoms with Crippen molar-refractivity contribution in [2.45, 2.75) is 11.4 Å². The molecule has 0 aliphatic rings. The smallest absolute Gasteiger partial charge is 0.125 e. The van der Waals surface area contributed by atoms with E-state index in [-0.39, 0.29) is 6.61 Å². The molecule has 78 valence electrons. The molecule has 4 heteroatoms. The first kappa shape index (κ1) is 11.4. The van der Waals surface area contributed by atoms with Crippen LogP contribution in [0.5, 0.6) is 5.75 Å². The number of rotatable bonds is 5. The number of hydrogen-bond acceptors (Lipinski definition) is 4. The fourth-order valence-electron chi connectivity index (χ4n) is 1.23. The molecule has 1 aromatic rings. The number of aliphatic hydroxyl groups excluding tert-OH is 1. The predicted molar refractivity (Wildman–Crippen MR) is 58.7 cm³/mol. The molecule has 3 nitrogen and oxygen atoms in total. The fraction of sp³-hybridized carbons (Fsp3) is 0.400. The number of ether oxygens (including phenoxy) is 1. The first-order chi connectivity index (χ1) is 6.83. The molecule has 1 rings (SSSR count). The van der Waals surface area contributed by atoms with E-state index in [4.69, 9.17) is 15.6 Å². The molecular weight excluding hydrogens is 198 g/mol. The number of nitrogens with two attached hydrogens (primary N) is 1. The van der Waals surface area contributed by atoms with Crippen molar-refractivity contribution in [2.75, 3.05) is 19.5 Å². The fourth-order valence-corrected chi connectivity index (χ4v) is 1.87. The summed E-state index contributed by atoms with van der Waals surface area (Å²) in [4.78, 5) is 1.13. The Labute approximate surface area is 88.3 Å². The van der Waals surface area contributed by atoms with Gasteiger partial charge in [-0.05, 0) is 18.4 Å². The summed E-state index contributed by atoms with van der Waals surface area (Å²) in [7, 11) is 0. The van der Waals surface area contributed by atoms with Gasteiger partial charge in [0, 0.05) is 17.0 Å². The Morgan fingerprint density at radius 2 is 2.29 bits per heavy atom. The lowest BCUT2D eigenvalue weighted by Gasteiger charge is -2.12. The second-order valence-electron chi connectivity index (χ2n) is 2.71. The second kappa shape index (κ2) is 5.90. The lowest BCUT2D eigenvalue weighted by molar-refractivity contribution is 0.200. The van der Waals surface area contributed by atoms with Gasteiger partial charge in [-0.1, -0.05) is 6.07 Å². The number of benzene rings is 1. The van der Waals surface area contributed by atoms with Crippen molar-refractivity contribution in [1.82, 2.24) is 0 Å². The van der Waals surface area contributed by atoms with Gasteiger partial charge in [-0.15, -0.1) is 11.8 Å². The van der Waals surface area contributed by atoms with Crippen molar-refractivity contribution in [3.63, 3.8) is 0 Å². The van der Waals surface area contributed by atoms with Gasteiger partial charge in [0.15, 0.2) is 0 Å². The first-order valence-corrected chi connectivity index (χ1v) is 5.65. The summed E-state index contributed by atoms with van der Waals surface area (Å²) >= 11 is 1.65. The van der Waals surface area contributed by atoms with Crippen LogP contribution in [-0.2, 0) is 6.54 Å². The molecular formula is C10H15NO2S. The Hall–Kier alpha value is -0.710. The van der Waals surface area contributed by atoms with E-state index in [9.17, 15) is 0 Å². The van der Waals surface area contributed by atoms with E-state index in [0.29, 0.717) is 13.2 Å². The van der Waals surface area contributed by atoms with Crippen LogP contribution < -0.4 is 10.5 Å². The van der Waals surface area contributed by atoms with Crippen LogP contribution >= 0.6 is 11.8 Å². The normalized spacial score (nSPS) is 10.2. The van der Waals surface area contributed by atoms with E-state index in [0.717, 1.165) is 16.2 Å². The van der Waals surface area contributed by atoms with Crippen molar-refractivity contribution >= 4 is 11.8 Å². The zero-order chi connectivity index (χ0) is 10.4. The van der Waals surface area contributed by atoms with E-state index in [1.54, 1.807) is 11.8 Å². The van der Waals surface area contributed by atoms with E-state index in [2.05, 4.69) is 0 Å². The highest BCUT2D eigenvalue weighted by Gasteiger charge is 2.06. The molecule has 0 amide bonds. The largest absolute Gasteiger partial charge is 0.491 e. The van der Waals surface area contributed by atoms with Crippen molar-refractivity contribution in [3.05, 3.63) is 23.8 Å². The van der Waals surface area contributed by atoms with Gasteiger partial charge in [0.2, 0.25) is 0 Å². The van der Waals surface area contributed by atoms with E-state index in [1.165, 1.54) is 0 Å². The molecule has 0 saturated carbocycles. The van der Waals surface area contributed by atoms with Crippen LogP contribution in [0.4, 0.5) is 0 Å². The molecule has 0 radical (unpaired) electrons. The summed E-state index contributed by atoms with van der Waals surface area (Å²) in [5, 5.41) is 8.66. The van der Waals surface area contributed by atoms with Crippen LogP contribution in [0.1, 0.15) is 5.56 Å². The zero-order valence-corrected chi connectivity index (χ0v) is 9.01.